The van der Waals surface area contributed by atoms with Crippen molar-refractivity contribution in [3.63, 3.8) is 0 Å². The van der Waals surface area contributed by atoms with Gasteiger partial charge in [0.15, 0.2) is 6.17 Å². The Kier molecular flexibility index (Phi) is 3.29. The molecule has 0 bridgehead atoms. The van der Waals surface area contributed by atoms with Gasteiger partial charge in [0.2, 0.25) is 0 Å². The van der Waals surface area contributed by atoms with E-state index >= 15 is 0 Å². The second kappa shape index (κ2) is 5.03. The van der Waals surface area contributed by atoms with Gasteiger partial charge in [-0.15, -0.1) is 0 Å². The Morgan fingerprint density at radius 2 is 1.68 bits per heavy atom. The number of fused-ring (bicyclic) bond motifs is 1. The van der Waals surface area contributed by atoms with Crippen LogP contribution in [0.5, 0.6) is 0 Å². The number of hydrogen-bond acceptors (Lipinski definition) is 3. The first-order chi connectivity index (χ1) is 10.4. The van der Waals surface area contributed by atoms with Gasteiger partial charge in [-0.25, -0.2) is 0 Å². The van der Waals surface area contributed by atoms with E-state index in [-0.39, 0.29) is 0 Å². The maximum atomic E-state index is 12.6. The molecule has 2 aromatic carbocycles. The molecule has 22 heavy (non-hydrogen) atoms. The number of nitrogens with zero attached hydrogens (tertiary/aromatic N) is 1. The van der Waals surface area contributed by atoms with E-state index in [4.69, 9.17) is 0 Å². The van der Waals surface area contributed by atoms with Crippen molar-refractivity contribution in [3.05, 3.63) is 65.2 Å². The van der Waals surface area contributed by atoms with Gasteiger partial charge in [0, 0.05) is 5.69 Å². The smallest absolute Gasteiger partial charge is 0.359 e. The third-order valence-corrected chi connectivity index (χ3v) is 3.46. The molecular formula is C15H11F3N2O2. The van der Waals surface area contributed by atoms with Crippen LogP contribution in [0.3, 0.4) is 0 Å². The summed E-state index contributed by atoms with van der Waals surface area (Å²) in [5, 5.41) is 13.4. The molecule has 0 aromatic heterocycles. The van der Waals surface area contributed by atoms with Crippen LogP contribution in [0.25, 0.3) is 0 Å². The minimum atomic E-state index is -4.43. The van der Waals surface area contributed by atoms with E-state index in [9.17, 15) is 23.2 Å². The van der Waals surface area contributed by atoms with Crippen LogP contribution in [0.1, 0.15) is 27.7 Å². The maximum Gasteiger partial charge on any atom is 0.416 e. The first kappa shape index (κ1) is 14.4. The topological polar surface area (TPSA) is 52.6 Å². The Balaban J connectivity index is 1.94. The number of carbonyl (C=O) groups is 1. The number of para-hydroxylation sites is 1. The number of anilines is 1. The monoisotopic (exact) mass is 308 g/mol. The van der Waals surface area contributed by atoms with Crippen molar-refractivity contribution in [1.29, 1.82) is 0 Å². The van der Waals surface area contributed by atoms with Gasteiger partial charge >= 0.3 is 6.18 Å². The standard InChI is InChI=1S/C15H11F3N2O2/c16-15(17,18)10-7-5-9(6-8-10)13-19-12-4-2-1-3-11(12)14(21)20(13)22/h1-8,13,19,22H/t13-/m1/s1. The van der Waals surface area contributed by atoms with E-state index in [1.54, 1.807) is 24.3 Å². The highest BCUT2D eigenvalue weighted by atomic mass is 19.4. The lowest BCUT2D eigenvalue weighted by atomic mass is 10.0. The third kappa shape index (κ3) is 2.39. The molecule has 2 N–H and O–H groups in total. The second-order valence-corrected chi connectivity index (χ2v) is 4.86. The zero-order valence-electron chi connectivity index (χ0n) is 11.1. The highest BCUT2D eigenvalue weighted by Crippen LogP contribution is 2.34. The average Bonchev–Trinajstić information content (AvgIpc) is 2.50. The molecular weight excluding hydrogens is 297 g/mol. The normalized spacial score (nSPS) is 17.9. The summed E-state index contributed by atoms with van der Waals surface area (Å²) in [5.74, 6) is -0.612. The van der Waals surface area contributed by atoms with Gasteiger partial charge in [-0.05, 0) is 29.8 Å². The van der Waals surface area contributed by atoms with Crippen molar-refractivity contribution in [2.45, 2.75) is 12.3 Å². The van der Waals surface area contributed by atoms with E-state index in [2.05, 4.69) is 5.32 Å². The van der Waals surface area contributed by atoms with Gasteiger partial charge in [0.1, 0.15) is 0 Å². The molecule has 0 spiro atoms. The largest absolute Gasteiger partial charge is 0.416 e. The number of nitrogens with one attached hydrogen (secondary N) is 1. The molecule has 1 amide bonds. The van der Waals surface area contributed by atoms with Crippen molar-refractivity contribution in [2.24, 2.45) is 0 Å². The molecule has 114 valence electrons. The lowest BCUT2D eigenvalue weighted by molar-refractivity contribution is -0.137. The van der Waals surface area contributed by atoms with Gasteiger partial charge in [0.05, 0.1) is 11.1 Å². The Hall–Kier alpha value is -2.54. The summed E-state index contributed by atoms with van der Waals surface area (Å²) in [6.07, 6.45) is -5.37. The van der Waals surface area contributed by atoms with E-state index in [0.29, 0.717) is 21.9 Å². The van der Waals surface area contributed by atoms with Crippen molar-refractivity contribution in [2.75, 3.05) is 5.32 Å². The molecule has 7 heteroatoms. The van der Waals surface area contributed by atoms with E-state index < -0.39 is 23.8 Å². The van der Waals surface area contributed by atoms with E-state index in [1.165, 1.54) is 12.1 Å². The van der Waals surface area contributed by atoms with Crippen molar-refractivity contribution in [3.8, 4) is 0 Å². The summed E-state index contributed by atoms with van der Waals surface area (Å²) in [4.78, 5) is 12.1. The molecule has 0 fully saturated rings. The van der Waals surface area contributed by atoms with E-state index in [1.807, 2.05) is 0 Å². The summed E-state index contributed by atoms with van der Waals surface area (Å²) in [7, 11) is 0. The molecule has 0 saturated carbocycles. The fraction of sp³-hybridized carbons (Fsp3) is 0.133. The van der Waals surface area contributed by atoms with Gasteiger partial charge in [-0.1, -0.05) is 24.3 Å². The Morgan fingerprint density at radius 1 is 1.05 bits per heavy atom. The maximum absolute atomic E-state index is 12.6. The van der Waals surface area contributed by atoms with Crippen LogP contribution in [-0.4, -0.2) is 16.2 Å². The second-order valence-electron chi connectivity index (χ2n) is 4.86. The molecule has 0 unspecified atom stereocenters. The molecule has 1 aliphatic rings. The summed E-state index contributed by atoms with van der Waals surface area (Å²) < 4.78 is 37.7. The van der Waals surface area contributed by atoms with Crippen molar-refractivity contribution >= 4 is 11.6 Å². The molecule has 0 saturated heterocycles. The zero-order valence-corrected chi connectivity index (χ0v) is 11.1. The molecule has 1 atom stereocenters. The minimum Gasteiger partial charge on any atom is -0.359 e. The van der Waals surface area contributed by atoms with Gasteiger partial charge in [0.25, 0.3) is 5.91 Å². The summed E-state index contributed by atoms with van der Waals surface area (Å²) >= 11 is 0. The zero-order chi connectivity index (χ0) is 15.9. The molecule has 3 rings (SSSR count). The predicted molar refractivity (Wildman–Crippen MR) is 72.2 cm³/mol. The Labute approximate surface area is 123 Å². The van der Waals surface area contributed by atoms with Gasteiger partial charge < -0.3 is 5.32 Å². The van der Waals surface area contributed by atoms with Crippen LogP contribution in [0.4, 0.5) is 18.9 Å². The van der Waals surface area contributed by atoms with E-state index in [0.717, 1.165) is 12.1 Å². The molecule has 0 aliphatic carbocycles. The van der Waals surface area contributed by atoms with Crippen LogP contribution in [0, 0.1) is 0 Å². The fourth-order valence-electron chi connectivity index (χ4n) is 2.32. The molecule has 2 aromatic rings. The fourth-order valence-corrected chi connectivity index (χ4v) is 2.32. The first-order valence-electron chi connectivity index (χ1n) is 6.43. The first-order valence-corrected chi connectivity index (χ1v) is 6.43. The lowest BCUT2D eigenvalue weighted by Gasteiger charge is -2.33. The highest BCUT2D eigenvalue weighted by Gasteiger charge is 2.34. The van der Waals surface area contributed by atoms with Crippen LogP contribution >= 0.6 is 0 Å². The van der Waals surface area contributed by atoms with Crippen LogP contribution in [0.15, 0.2) is 48.5 Å². The number of carbonyl (C=O) groups excluding carboxylic acids is 1. The number of rotatable bonds is 1. The quantitative estimate of drug-likeness (QED) is 0.791. The summed E-state index contributed by atoms with van der Waals surface area (Å²) in [6, 6.07) is 10.9. The summed E-state index contributed by atoms with van der Waals surface area (Å²) in [6.45, 7) is 0. The summed E-state index contributed by atoms with van der Waals surface area (Å²) in [5.41, 5.74) is 0.373. The molecule has 1 heterocycles. The number of halogens is 3. The number of benzene rings is 2. The number of hydrogen-bond donors (Lipinski definition) is 2. The Morgan fingerprint density at radius 3 is 2.32 bits per heavy atom. The molecule has 1 aliphatic heterocycles. The predicted octanol–water partition coefficient (Wildman–Crippen LogP) is 3.66. The van der Waals surface area contributed by atoms with Gasteiger partial charge in [-0.2, -0.15) is 18.2 Å². The highest BCUT2D eigenvalue weighted by molar-refractivity contribution is 6.00. The molecule has 4 nitrogen and oxygen atoms in total. The van der Waals surface area contributed by atoms with Crippen molar-refractivity contribution < 1.29 is 23.2 Å². The van der Waals surface area contributed by atoms with Gasteiger partial charge in [-0.3, -0.25) is 10.0 Å². The third-order valence-electron chi connectivity index (χ3n) is 3.46. The number of alkyl halides is 3. The SMILES string of the molecule is O=C1c2ccccc2N[C@@H](c2ccc(C(F)(F)F)cc2)N1O. The van der Waals surface area contributed by atoms with Crippen LogP contribution in [0.2, 0.25) is 0 Å². The minimum absolute atomic E-state index is 0.299. The number of hydroxylamine groups is 2. The van der Waals surface area contributed by atoms with Crippen LogP contribution < -0.4 is 5.32 Å². The average molecular weight is 308 g/mol. The molecule has 0 radical (unpaired) electrons. The van der Waals surface area contributed by atoms with Crippen molar-refractivity contribution in [1.82, 2.24) is 5.06 Å². The Bertz CT molecular complexity index is 713. The lowest BCUT2D eigenvalue weighted by Crippen LogP contribution is -2.40. The van der Waals surface area contributed by atoms with Crippen LogP contribution in [-0.2, 0) is 6.18 Å². The number of amides is 1.